The Hall–Kier alpha value is -1.34. The molecule has 106 valence electrons. The van der Waals surface area contributed by atoms with Gasteiger partial charge in [-0.25, -0.2) is 4.39 Å². The first-order valence-electron chi connectivity index (χ1n) is 5.86. The van der Waals surface area contributed by atoms with Crippen molar-refractivity contribution in [1.29, 1.82) is 0 Å². The van der Waals surface area contributed by atoms with Gasteiger partial charge in [0, 0.05) is 47.0 Å². The Morgan fingerprint density at radius 3 is 2.79 bits per heavy atom. The Labute approximate surface area is 113 Å². The van der Waals surface area contributed by atoms with Gasteiger partial charge < -0.3 is 5.32 Å². The van der Waals surface area contributed by atoms with Crippen LogP contribution < -0.4 is 5.32 Å². The lowest BCUT2D eigenvalue weighted by Crippen LogP contribution is -2.27. The van der Waals surface area contributed by atoms with E-state index >= 15 is 0 Å². The Bertz CT molecular complexity index is 482. The molecule has 1 rings (SSSR count). The Balaban J connectivity index is 2.63. The van der Waals surface area contributed by atoms with Crippen molar-refractivity contribution in [1.82, 2.24) is 5.32 Å². The van der Waals surface area contributed by atoms with Crippen LogP contribution in [-0.4, -0.2) is 27.2 Å². The maximum atomic E-state index is 13.1. The quantitative estimate of drug-likeness (QED) is 0.615. The SMILES string of the molecule is CC(CCS(C)=O)NCc1cc(F)ccc1[N+](=O)[O-]. The average Bonchev–Trinajstić information content (AvgIpc) is 2.33. The summed E-state index contributed by atoms with van der Waals surface area (Å²) >= 11 is 0. The van der Waals surface area contributed by atoms with E-state index < -0.39 is 21.5 Å². The molecule has 0 spiro atoms. The predicted molar refractivity (Wildman–Crippen MR) is 72.9 cm³/mol. The number of hydrogen-bond donors (Lipinski definition) is 1. The minimum absolute atomic E-state index is 0.0618. The molecule has 0 aliphatic heterocycles. The van der Waals surface area contributed by atoms with Gasteiger partial charge in [0.1, 0.15) is 5.82 Å². The molecule has 0 saturated heterocycles. The summed E-state index contributed by atoms with van der Waals surface area (Å²) in [4.78, 5) is 10.3. The van der Waals surface area contributed by atoms with Gasteiger partial charge in [-0.15, -0.1) is 0 Å². The molecule has 0 heterocycles. The van der Waals surface area contributed by atoms with Crippen LogP contribution in [0, 0.1) is 15.9 Å². The molecule has 0 radical (unpaired) electrons. The lowest BCUT2D eigenvalue weighted by atomic mass is 10.1. The molecule has 1 N–H and O–H groups in total. The third-order valence-electron chi connectivity index (χ3n) is 2.72. The summed E-state index contributed by atoms with van der Waals surface area (Å²) in [6, 6.07) is 3.46. The first-order chi connectivity index (χ1) is 8.90. The molecular formula is C12H17FN2O3S. The molecule has 0 saturated carbocycles. The molecule has 0 aliphatic rings. The standard InChI is InChI=1S/C12H17FN2O3S/c1-9(5-6-19(2)18)14-8-10-7-11(13)3-4-12(10)15(16)17/h3-4,7,9,14H,5-6,8H2,1-2H3. The molecule has 0 fully saturated rings. The molecule has 2 atom stereocenters. The van der Waals surface area contributed by atoms with Crippen molar-refractivity contribution < 1.29 is 13.5 Å². The molecule has 0 bridgehead atoms. The fourth-order valence-electron chi connectivity index (χ4n) is 1.60. The highest BCUT2D eigenvalue weighted by molar-refractivity contribution is 7.84. The largest absolute Gasteiger partial charge is 0.310 e. The van der Waals surface area contributed by atoms with E-state index in [1.54, 1.807) is 6.26 Å². The zero-order valence-corrected chi connectivity index (χ0v) is 11.7. The van der Waals surface area contributed by atoms with Crippen LogP contribution in [0.15, 0.2) is 18.2 Å². The fourth-order valence-corrected chi connectivity index (χ4v) is 2.29. The van der Waals surface area contributed by atoms with Gasteiger partial charge in [0.2, 0.25) is 0 Å². The van der Waals surface area contributed by atoms with Crippen molar-refractivity contribution in [2.24, 2.45) is 0 Å². The van der Waals surface area contributed by atoms with E-state index in [1.165, 1.54) is 0 Å². The van der Waals surface area contributed by atoms with Crippen LogP contribution in [0.5, 0.6) is 0 Å². The van der Waals surface area contributed by atoms with E-state index in [9.17, 15) is 18.7 Å². The second-order valence-electron chi connectivity index (χ2n) is 4.38. The Morgan fingerprint density at radius 1 is 1.53 bits per heavy atom. The second-order valence-corrected chi connectivity index (χ2v) is 5.93. The first-order valence-corrected chi connectivity index (χ1v) is 7.59. The highest BCUT2D eigenvalue weighted by atomic mass is 32.2. The highest BCUT2D eigenvalue weighted by Crippen LogP contribution is 2.19. The molecule has 7 heteroatoms. The number of hydrogen-bond acceptors (Lipinski definition) is 4. The Morgan fingerprint density at radius 2 is 2.21 bits per heavy atom. The zero-order chi connectivity index (χ0) is 14.4. The van der Waals surface area contributed by atoms with Crippen molar-refractivity contribution in [2.45, 2.75) is 25.9 Å². The van der Waals surface area contributed by atoms with Crippen LogP contribution in [0.4, 0.5) is 10.1 Å². The minimum Gasteiger partial charge on any atom is -0.310 e. The average molecular weight is 288 g/mol. The van der Waals surface area contributed by atoms with Gasteiger partial charge >= 0.3 is 0 Å². The number of nitro benzene ring substituents is 1. The summed E-state index contributed by atoms with van der Waals surface area (Å²) in [5.74, 6) is 0.0732. The maximum Gasteiger partial charge on any atom is 0.274 e. The third-order valence-corrected chi connectivity index (χ3v) is 3.53. The van der Waals surface area contributed by atoms with E-state index in [1.807, 2.05) is 6.92 Å². The summed E-state index contributed by atoms with van der Waals surface area (Å²) in [6.07, 6.45) is 2.33. The zero-order valence-electron chi connectivity index (χ0n) is 10.9. The van der Waals surface area contributed by atoms with Gasteiger partial charge in [-0.05, 0) is 25.5 Å². The highest BCUT2D eigenvalue weighted by Gasteiger charge is 2.14. The molecule has 0 aromatic heterocycles. The van der Waals surface area contributed by atoms with E-state index in [0.717, 1.165) is 18.2 Å². The summed E-state index contributed by atoms with van der Waals surface area (Å²) in [7, 11) is -0.858. The molecule has 1 aromatic carbocycles. The van der Waals surface area contributed by atoms with E-state index in [2.05, 4.69) is 5.32 Å². The van der Waals surface area contributed by atoms with Crippen molar-refractivity contribution in [2.75, 3.05) is 12.0 Å². The van der Waals surface area contributed by atoms with Crippen molar-refractivity contribution in [3.05, 3.63) is 39.7 Å². The maximum absolute atomic E-state index is 13.1. The monoisotopic (exact) mass is 288 g/mol. The number of halogens is 1. The smallest absolute Gasteiger partial charge is 0.274 e. The van der Waals surface area contributed by atoms with Gasteiger partial charge in [0.25, 0.3) is 5.69 Å². The third kappa shape index (κ3) is 5.44. The van der Waals surface area contributed by atoms with Crippen LogP contribution in [0.2, 0.25) is 0 Å². The van der Waals surface area contributed by atoms with Crippen LogP contribution in [0.25, 0.3) is 0 Å². The molecule has 0 amide bonds. The van der Waals surface area contributed by atoms with E-state index in [0.29, 0.717) is 17.7 Å². The van der Waals surface area contributed by atoms with Crippen LogP contribution >= 0.6 is 0 Å². The molecule has 2 unspecified atom stereocenters. The molecule has 19 heavy (non-hydrogen) atoms. The van der Waals surface area contributed by atoms with Gasteiger partial charge in [-0.3, -0.25) is 14.3 Å². The van der Waals surface area contributed by atoms with E-state index in [4.69, 9.17) is 0 Å². The Kier molecular flexibility index (Phi) is 6.04. The second kappa shape index (κ2) is 7.30. The van der Waals surface area contributed by atoms with Crippen molar-refractivity contribution in [3.8, 4) is 0 Å². The predicted octanol–water partition coefficient (Wildman–Crippen LogP) is 1.98. The summed E-state index contributed by atoms with van der Waals surface area (Å²) in [5, 5.41) is 13.9. The summed E-state index contributed by atoms with van der Waals surface area (Å²) in [6.45, 7) is 2.11. The fraction of sp³-hybridized carbons (Fsp3) is 0.500. The molecular weight excluding hydrogens is 271 g/mol. The van der Waals surface area contributed by atoms with Gasteiger partial charge in [0.15, 0.2) is 0 Å². The topological polar surface area (TPSA) is 72.2 Å². The van der Waals surface area contributed by atoms with Crippen molar-refractivity contribution in [3.63, 3.8) is 0 Å². The number of nitro groups is 1. The first kappa shape index (κ1) is 15.7. The number of rotatable bonds is 7. The van der Waals surface area contributed by atoms with Crippen molar-refractivity contribution >= 4 is 16.5 Å². The molecule has 0 aliphatic carbocycles. The number of nitrogens with one attached hydrogen (secondary N) is 1. The number of benzene rings is 1. The minimum atomic E-state index is -0.858. The van der Waals surface area contributed by atoms with Gasteiger partial charge in [0.05, 0.1) is 4.92 Å². The van der Waals surface area contributed by atoms with E-state index in [-0.39, 0.29) is 18.3 Å². The lowest BCUT2D eigenvalue weighted by molar-refractivity contribution is -0.385. The number of nitrogens with zero attached hydrogens (tertiary/aromatic N) is 1. The van der Waals surface area contributed by atoms with Gasteiger partial charge in [-0.1, -0.05) is 0 Å². The normalized spacial score (nSPS) is 14.1. The lowest BCUT2D eigenvalue weighted by Gasteiger charge is -2.13. The van der Waals surface area contributed by atoms with Crippen LogP contribution in [0.1, 0.15) is 18.9 Å². The van der Waals surface area contributed by atoms with Gasteiger partial charge in [-0.2, -0.15) is 0 Å². The summed E-state index contributed by atoms with van der Waals surface area (Å²) < 4.78 is 24.1. The molecule has 1 aromatic rings. The summed E-state index contributed by atoms with van der Waals surface area (Å²) in [5.41, 5.74) is 0.217. The van der Waals surface area contributed by atoms with Crippen LogP contribution in [0.3, 0.4) is 0 Å². The van der Waals surface area contributed by atoms with Crippen LogP contribution in [-0.2, 0) is 17.3 Å². The molecule has 5 nitrogen and oxygen atoms in total.